The average Bonchev–Trinajstić information content (AvgIpc) is 2.47. The largest absolute Gasteiger partial charge is 0.268 e. The Morgan fingerprint density at radius 3 is 2.52 bits per heavy atom. The molecule has 1 atom stereocenters. The smallest absolute Gasteiger partial charge is 0.268 e. The van der Waals surface area contributed by atoms with E-state index >= 15 is 0 Å². The maximum absolute atomic E-state index is 14.0. The summed E-state index contributed by atoms with van der Waals surface area (Å²) < 4.78 is 15.5. The van der Waals surface area contributed by atoms with Gasteiger partial charge in [-0.05, 0) is 31.2 Å². The molecule has 0 spiro atoms. The highest BCUT2D eigenvalue weighted by Gasteiger charge is 2.17. The molecule has 0 saturated heterocycles. The monoisotopic (exact) mass is 346 g/mol. The molecule has 21 heavy (non-hydrogen) atoms. The number of benzene rings is 2. The zero-order chi connectivity index (χ0) is 15.0. The second-order valence-corrected chi connectivity index (χ2v) is 6.07. The molecule has 0 radical (unpaired) electrons. The first-order chi connectivity index (χ1) is 10.1. The van der Waals surface area contributed by atoms with E-state index in [4.69, 9.17) is 0 Å². The Kier molecular flexibility index (Phi) is 3.59. The van der Waals surface area contributed by atoms with Crippen LogP contribution in [0.2, 0.25) is 0 Å². The predicted octanol–water partition coefficient (Wildman–Crippen LogP) is 3.98. The Labute approximate surface area is 129 Å². The van der Waals surface area contributed by atoms with Crippen LogP contribution in [-0.2, 0) is 0 Å². The van der Waals surface area contributed by atoms with Crippen LogP contribution in [0.4, 0.5) is 4.39 Å². The standard InChI is InChI=1S/C16H12BrFN2O/c1-10(17)15-19-13-9-5-8-12(18)14(13)16(21)20(15)11-6-3-2-4-7-11/h2-10H,1H3. The topological polar surface area (TPSA) is 34.9 Å². The minimum absolute atomic E-state index is 0.0123. The van der Waals surface area contributed by atoms with Crippen LogP contribution in [0.3, 0.4) is 0 Å². The van der Waals surface area contributed by atoms with Crippen molar-refractivity contribution in [2.75, 3.05) is 0 Å². The number of halogens is 2. The highest BCUT2D eigenvalue weighted by atomic mass is 79.9. The molecule has 0 N–H and O–H groups in total. The third-order valence-electron chi connectivity index (χ3n) is 3.24. The molecule has 0 aliphatic rings. The van der Waals surface area contributed by atoms with Crippen molar-refractivity contribution >= 4 is 26.8 Å². The summed E-state index contributed by atoms with van der Waals surface area (Å²) in [6.45, 7) is 1.88. The molecule has 0 saturated carbocycles. The van der Waals surface area contributed by atoms with Crippen LogP contribution in [0, 0.1) is 5.82 Å². The normalized spacial score (nSPS) is 12.5. The van der Waals surface area contributed by atoms with Gasteiger partial charge >= 0.3 is 0 Å². The zero-order valence-corrected chi connectivity index (χ0v) is 12.8. The van der Waals surface area contributed by atoms with Gasteiger partial charge in [0.1, 0.15) is 17.0 Å². The van der Waals surface area contributed by atoms with Crippen LogP contribution in [0.5, 0.6) is 0 Å². The van der Waals surface area contributed by atoms with Gasteiger partial charge in [-0.1, -0.05) is 40.2 Å². The molecule has 0 bridgehead atoms. The van der Waals surface area contributed by atoms with Crippen molar-refractivity contribution in [3.8, 4) is 5.69 Å². The minimum atomic E-state index is -0.552. The van der Waals surface area contributed by atoms with Crippen molar-refractivity contribution in [2.45, 2.75) is 11.8 Å². The first kappa shape index (κ1) is 13.9. The van der Waals surface area contributed by atoms with Crippen LogP contribution < -0.4 is 5.56 Å². The molecule has 3 rings (SSSR count). The van der Waals surface area contributed by atoms with E-state index in [1.165, 1.54) is 10.6 Å². The maximum atomic E-state index is 14.0. The second-order valence-electron chi connectivity index (χ2n) is 4.70. The van der Waals surface area contributed by atoms with Gasteiger partial charge in [-0.15, -0.1) is 0 Å². The van der Waals surface area contributed by atoms with Crippen molar-refractivity contribution in [1.29, 1.82) is 0 Å². The third kappa shape index (κ3) is 2.38. The summed E-state index contributed by atoms with van der Waals surface area (Å²) in [6.07, 6.45) is 0. The van der Waals surface area contributed by atoms with Gasteiger partial charge in [0.2, 0.25) is 0 Å². The lowest BCUT2D eigenvalue weighted by Crippen LogP contribution is -2.24. The Hall–Kier alpha value is -2.01. The van der Waals surface area contributed by atoms with Crippen molar-refractivity contribution in [2.24, 2.45) is 0 Å². The molecular weight excluding hydrogens is 335 g/mol. The van der Waals surface area contributed by atoms with E-state index < -0.39 is 11.4 Å². The molecule has 0 amide bonds. The summed E-state index contributed by atoms with van der Waals surface area (Å²) in [7, 11) is 0. The van der Waals surface area contributed by atoms with Gasteiger partial charge in [-0.3, -0.25) is 9.36 Å². The number of fused-ring (bicyclic) bond motifs is 1. The molecule has 0 fully saturated rings. The summed E-state index contributed by atoms with van der Waals surface area (Å²) in [5.41, 5.74) is 0.639. The Bertz CT molecular complexity index is 859. The Morgan fingerprint density at radius 1 is 1.14 bits per heavy atom. The Balaban J connectivity index is 2.47. The number of nitrogens with zero attached hydrogens (tertiary/aromatic N) is 2. The summed E-state index contributed by atoms with van der Waals surface area (Å²) in [5, 5.41) is 0.0123. The molecule has 3 nitrogen and oxygen atoms in total. The summed E-state index contributed by atoms with van der Waals surface area (Å²) in [5.74, 6) is -0.00671. The van der Waals surface area contributed by atoms with Gasteiger partial charge in [0.25, 0.3) is 5.56 Å². The van der Waals surface area contributed by atoms with E-state index in [1.807, 2.05) is 25.1 Å². The van der Waals surface area contributed by atoms with E-state index in [0.717, 1.165) is 0 Å². The first-order valence-corrected chi connectivity index (χ1v) is 7.42. The van der Waals surface area contributed by atoms with E-state index in [0.29, 0.717) is 17.0 Å². The first-order valence-electron chi connectivity index (χ1n) is 6.50. The highest BCUT2D eigenvalue weighted by Crippen LogP contribution is 2.24. The third-order valence-corrected chi connectivity index (χ3v) is 3.65. The maximum Gasteiger partial charge on any atom is 0.268 e. The lowest BCUT2D eigenvalue weighted by molar-refractivity contribution is 0.636. The van der Waals surface area contributed by atoms with Crippen LogP contribution in [0.15, 0.2) is 53.3 Å². The van der Waals surface area contributed by atoms with Crippen LogP contribution in [0.1, 0.15) is 17.6 Å². The molecule has 1 heterocycles. The fourth-order valence-corrected chi connectivity index (χ4v) is 2.61. The molecule has 106 valence electrons. The number of para-hydroxylation sites is 1. The molecule has 3 aromatic rings. The van der Waals surface area contributed by atoms with E-state index in [2.05, 4.69) is 20.9 Å². The highest BCUT2D eigenvalue weighted by molar-refractivity contribution is 9.09. The average molecular weight is 347 g/mol. The molecule has 1 aromatic heterocycles. The fourth-order valence-electron chi connectivity index (χ4n) is 2.30. The summed E-state index contributed by atoms with van der Waals surface area (Å²) >= 11 is 3.45. The summed E-state index contributed by atoms with van der Waals surface area (Å²) in [4.78, 5) is 17.0. The molecule has 0 aliphatic heterocycles. The molecule has 2 aromatic carbocycles. The van der Waals surface area contributed by atoms with Crippen molar-refractivity contribution in [3.05, 3.63) is 70.5 Å². The van der Waals surface area contributed by atoms with Gasteiger partial charge in [-0.25, -0.2) is 9.37 Å². The van der Waals surface area contributed by atoms with Crippen LogP contribution in [0.25, 0.3) is 16.6 Å². The van der Waals surface area contributed by atoms with E-state index in [1.54, 1.807) is 24.3 Å². The quantitative estimate of drug-likeness (QED) is 0.658. The number of aromatic nitrogens is 2. The zero-order valence-electron chi connectivity index (χ0n) is 11.3. The van der Waals surface area contributed by atoms with Crippen LogP contribution >= 0.6 is 15.9 Å². The van der Waals surface area contributed by atoms with Gasteiger partial charge in [0, 0.05) is 0 Å². The number of rotatable bonds is 2. The molecule has 0 aliphatic carbocycles. The number of hydrogen-bond donors (Lipinski definition) is 0. The number of alkyl halides is 1. The minimum Gasteiger partial charge on any atom is -0.268 e. The lowest BCUT2D eigenvalue weighted by Gasteiger charge is -2.15. The molecule has 5 heteroatoms. The summed E-state index contributed by atoms with van der Waals surface area (Å²) in [6, 6.07) is 13.6. The van der Waals surface area contributed by atoms with Gasteiger partial charge in [0.15, 0.2) is 0 Å². The van der Waals surface area contributed by atoms with Crippen molar-refractivity contribution in [1.82, 2.24) is 9.55 Å². The second kappa shape index (κ2) is 5.41. The van der Waals surface area contributed by atoms with E-state index in [-0.39, 0.29) is 10.2 Å². The van der Waals surface area contributed by atoms with E-state index in [9.17, 15) is 9.18 Å². The van der Waals surface area contributed by atoms with Crippen molar-refractivity contribution < 1.29 is 4.39 Å². The number of hydrogen-bond acceptors (Lipinski definition) is 2. The fraction of sp³-hybridized carbons (Fsp3) is 0.125. The predicted molar refractivity (Wildman–Crippen MR) is 84.6 cm³/mol. The van der Waals surface area contributed by atoms with Gasteiger partial charge in [0.05, 0.1) is 16.0 Å². The van der Waals surface area contributed by atoms with Gasteiger partial charge in [-0.2, -0.15) is 0 Å². The molecular formula is C16H12BrFN2O. The molecule has 1 unspecified atom stereocenters. The van der Waals surface area contributed by atoms with Crippen LogP contribution in [-0.4, -0.2) is 9.55 Å². The SMILES string of the molecule is CC(Br)c1nc2cccc(F)c2c(=O)n1-c1ccccc1. The van der Waals surface area contributed by atoms with Crippen molar-refractivity contribution in [3.63, 3.8) is 0 Å². The lowest BCUT2D eigenvalue weighted by atomic mass is 10.2. The Morgan fingerprint density at radius 2 is 1.86 bits per heavy atom. The van der Waals surface area contributed by atoms with Gasteiger partial charge < -0.3 is 0 Å².